The molecule has 1 N–H and O–H groups in total. The summed E-state index contributed by atoms with van der Waals surface area (Å²) >= 11 is 3.26. The minimum absolute atomic E-state index is 0.704. The van der Waals surface area contributed by atoms with Crippen LogP contribution in [0.25, 0.3) is 0 Å². The third kappa shape index (κ3) is 2.93. The normalized spacial score (nSPS) is 10.4. The van der Waals surface area contributed by atoms with Crippen LogP contribution in [0.5, 0.6) is 0 Å². The quantitative estimate of drug-likeness (QED) is 0.669. The van der Waals surface area contributed by atoms with Crippen molar-refractivity contribution in [1.29, 1.82) is 0 Å². The first-order valence-electron chi connectivity index (χ1n) is 4.79. The van der Waals surface area contributed by atoms with Gasteiger partial charge in [0, 0.05) is 11.4 Å². The second-order valence-electron chi connectivity index (χ2n) is 3.16. The van der Waals surface area contributed by atoms with Crippen molar-refractivity contribution < 1.29 is 0 Å². The highest BCUT2D eigenvalue weighted by molar-refractivity contribution is 7.98. The van der Waals surface area contributed by atoms with Gasteiger partial charge in [-0.1, -0.05) is 0 Å². The van der Waals surface area contributed by atoms with Crippen LogP contribution < -0.4 is 5.32 Å². The molecule has 0 spiro atoms. The number of hydrogen-bond acceptors (Lipinski definition) is 6. The number of thiazole rings is 1. The van der Waals surface area contributed by atoms with E-state index in [4.69, 9.17) is 0 Å². The maximum absolute atomic E-state index is 4.38. The molecule has 2 heterocycles. The Morgan fingerprint density at radius 2 is 2.31 bits per heavy atom. The van der Waals surface area contributed by atoms with E-state index in [0.29, 0.717) is 6.54 Å². The van der Waals surface area contributed by atoms with Gasteiger partial charge < -0.3 is 5.32 Å². The van der Waals surface area contributed by atoms with E-state index in [1.807, 2.05) is 19.2 Å². The highest BCUT2D eigenvalue weighted by Crippen LogP contribution is 2.15. The number of nitrogens with one attached hydrogen (secondary N) is 1. The molecule has 0 aliphatic rings. The average Bonchev–Trinajstić information content (AvgIpc) is 2.73. The molecule has 2 aromatic rings. The van der Waals surface area contributed by atoms with Gasteiger partial charge in [0.25, 0.3) is 0 Å². The summed E-state index contributed by atoms with van der Waals surface area (Å²) in [6.07, 6.45) is 3.57. The first-order valence-corrected chi connectivity index (χ1v) is 6.89. The van der Waals surface area contributed by atoms with Gasteiger partial charge in [0.05, 0.1) is 17.2 Å². The van der Waals surface area contributed by atoms with Gasteiger partial charge in [-0.2, -0.15) is 0 Å². The Balaban J connectivity index is 1.99. The van der Waals surface area contributed by atoms with Crippen molar-refractivity contribution in [2.75, 3.05) is 11.6 Å². The summed E-state index contributed by atoms with van der Waals surface area (Å²) in [5.74, 6) is 0.838. The molecule has 0 aliphatic heterocycles. The SMILES string of the molecule is CSc1cc(NCc2csc(C)n2)ncn1. The number of aryl methyl sites for hydroxylation is 1. The molecule has 84 valence electrons. The lowest BCUT2D eigenvalue weighted by molar-refractivity contribution is 0.997. The number of thioether (sulfide) groups is 1. The first kappa shape index (κ1) is 11.3. The standard InChI is InChI=1S/C10H12N4S2/c1-7-14-8(5-16-7)4-11-9-3-10(15-2)13-6-12-9/h3,5-6H,4H2,1-2H3,(H,11,12,13). The Kier molecular flexibility index (Phi) is 3.74. The summed E-state index contributed by atoms with van der Waals surface area (Å²) in [7, 11) is 0. The third-order valence-electron chi connectivity index (χ3n) is 1.97. The smallest absolute Gasteiger partial charge is 0.130 e. The van der Waals surface area contributed by atoms with E-state index in [0.717, 1.165) is 21.5 Å². The molecule has 0 atom stereocenters. The van der Waals surface area contributed by atoms with Gasteiger partial charge in [0.2, 0.25) is 0 Å². The van der Waals surface area contributed by atoms with Crippen molar-refractivity contribution in [2.45, 2.75) is 18.5 Å². The molecule has 4 nitrogen and oxygen atoms in total. The zero-order chi connectivity index (χ0) is 11.4. The van der Waals surface area contributed by atoms with Gasteiger partial charge in [0.1, 0.15) is 17.2 Å². The molecule has 0 radical (unpaired) electrons. The number of hydrogen-bond donors (Lipinski definition) is 1. The van der Waals surface area contributed by atoms with Crippen LogP contribution >= 0.6 is 23.1 Å². The monoisotopic (exact) mass is 252 g/mol. The van der Waals surface area contributed by atoms with Crippen molar-refractivity contribution in [3.63, 3.8) is 0 Å². The molecule has 6 heteroatoms. The fourth-order valence-electron chi connectivity index (χ4n) is 1.22. The zero-order valence-corrected chi connectivity index (χ0v) is 10.7. The summed E-state index contributed by atoms with van der Waals surface area (Å²) < 4.78 is 0. The number of rotatable bonds is 4. The molecule has 0 unspecified atom stereocenters. The molecule has 0 bridgehead atoms. The van der Waals surface area contributed by atoms with Gasteiger partial charge in [-0.05, 0) is 13.2 Å². The maximum atomic E-state index is 4.38. The summed E-state index contributed by atoms with van der Waals surface area (Å²) in [5, 5.41) is 7.34. The Hall–Kier alpha value is -1.14. The van der Waals surface area contributed by atoms with E-state index in [1.54, 1.807) is 29.4 Å². The average molecular weight is 252 g/mol. The van der Waals surface area contributed by atoms with Gasteiger partial charge in [0.15, 0.2) is 0 Å². The Morgan fingerprint density at radius 3 is 3.00 bits per heavy atom. The van der Waals surface area contributed by atoms with Crippen LogP contribution in [0.3, 0.4) is 0 Å². The second-order valence-corrected chi connectivity index (χ2v) is 5.05. The molecule has 2 aromatic heterocycles. The molecule has 0 saturated heterocycles. The van der Waals surface area contributed by atoms with Crippen molar-refractivity contribution in [3.8, 4) is 0 Å². The van der Waals surface area contributed by atoms with Crippen LogP contribution in [-0.4, -0.2) is 21.2 Å². The Labute approximate surface area is 103 Å². The fourth-order valence-corrected chi connectivity index (χ4v) is 2.21. The minimum Gasteiger partial charge on any atom is -0.364 e. The number of anilines is 1. The molecule has 0 amide bonds. The highest BCUT2D eigenvalue weighted by Gasteiger charge is 2.00. The Morgan fingerprint density at radius 1 is 1.44 bits per heavy atom. The lowest BCUT2D eigenvalue weighted by atomic mass is 10.4. The summed E-state index contributed by atoms with van der Waals surface area (Å²) in [5.41, 5.74) is 1.05. The molecule has 2 rings (SSSR count). The maximum Gasteiger partial charge on any atom is 0.130 e. The van der Waals surface area contributed by atoms with Gasteiger partial charge >= 0.3 is 0 Å². The van der Waals surface area contributed by atoms with E-state index in [2.05, 4.69) is 25.6 Å². The molecule has 0 aliphatic carbocycles. The molecule has 0 saturated carbocycles. The predicted molar refractivity (Wildman–Crippen MR) is 68.0 cm³/mol. The van der Waals surface area contributed by atoms with Gasteiger partial charge in [-0.3, -0.25) is 0 Å². The highest BCUT2D eigenvalue weighted by atomic mass is 32.2. The lowest BCUT2D eigenvalue weighted by Crippen LogP contribution is -2.02. The molecule has 16 heavy (non-hydrogen) atoms. The molecule has 0 fully saturated rings. The van der Waals surface area contributed by atoms with Crippen LogP contribution in [0.15, 0.2) is 22.8 Å². The van der Waals surface area contributed by atoms with Crippen LogP contribution in [0, 0.1) is 6.92 Å². The van der Waals surface area contributed by atoms with Crippen LogP contribution in [0.4, 0.5) is 5.82 Å². The number of aromatic nitrogens is 3. The van der Waals surface area contributed by atoms with E-state index in [-0.39, 0.29) is 0 Å². The zero-order valence-electron chi connectivity index (χ0n) is 9.10. The summed E-state index contributed by atoms with van der Waals surface area (Å²) in [6, 6.07) is 1.93. The van der Waals surface area contributed by atoms with Gasteiger partial charge in [-0.15, -0.1) is 23.1 Å². The minimum atomic E-state index is 0.704. The predicted octanol–water partition coefficient (Wildman–Crippen LogP) is 2.58. The van der Waals surface area contributed by atoms with E-state index >= 15 is 0 Å². The Bertz CT molecular complexity index is 469. The van der Waals surface area contributed by atoms with Crippen molar-refractivity contribution >= 4 is 28.9 Å². The second kappa shape index (κ2) is 5.27. The topological polar surface area (TPSA) is 50.7 Å². The van der Waals surface area contributed by atoms with Gasteiger partial charge in [-0.25, -0.2) is 15.0 Å². The lowest BCUT2D eigenvalue weighted by Gasteiger charge is -2.03. The van der Waals surface area contributed by atoms with Crippen molar-refractivity contribution in [2.24, 2.45) is 0 Å². The van der Waals surface area contributed by atoms with Crippen LogP contribution in [-0.2, 0) is 6.54 Å². The fraction of sp³-hybridized carbons (Fsp3) is 0.300. The van der Waals surface area contributed by atoms with E-state index in [9.17, 15) is 0 Å². The first-order chi connectivity index (χ1) is 7.78. The number of nitrogens with zero attached hydrogens (tertiary/aromatic N) is 3. The largest absolute Gasteiger partial charge is 0.364 e. The summed E-state index contributed by atoms with van der Waals surface area (Å²) in [4.78, 5) is 12.6. The van der Waals surface area contributed by atoms with Crippen molar-refractivity contribution in [1.82, 2.24) is 15.0 Å². The third-order valence-corrected chi connectivity index (χ3v) is 3.43. The van der Waals surface area contributed by atoms with Crippen molar-refractivity contribution in [3.05, 3.63) is 28.5 Å². The molecule has 0 aromatic carbocycles. The van der Waals surface area contributed by atoms with Crippen LogP contribution in [0.1, 0.15) is 10.7 Å². The summed E-state index contributed by atoms with van der Waals surface area (Å²) in [6.45, 7) is 2.71. The molecular weight excluding hydrogens is 240 g/mol. The van der Waals surface area contributed by atoms with E-state index in [1.165, 1.54) is 0 Å². The molecular formula is C10H12N4S2. The van der Waals surface area contributed by atoms with E-state index < -0.39 is 0 Å². The van der Waals surface area contributed by atoms with Crippen LogP contribution in [0.2, 0.25) is 0 Å².